The second kappa shape index (κ2) is 8.71. The van der Waals surface area contributed by atoms with Crippen LogP contribution in [0, 0.1) is 5.92 Å². The molecule has 3 aromatic carbocycles. The quantitative estimate of drug-likeness (QED) is 0.185. The predicted molar refractivity (Wildman–Crippen MR) is 129 cm³/mol. The Bertz CT molecular complexity index is 1290. The highest BCUT2D eigenvalue weighted by atomic mass is 17.2. The van der Waals surface area contributed by atoms with Crippen LogP contribution in [0.25, 0.3) is 22.6 Å². The summed E-state index contributed by atoms with van der Waals surface area (Å²) in [5, 5.41) is 0. The van der Waals surface area contributed by atoms with Crippen molar-refractivity contribution in [2.24, 2.45) is 5.92 Å². The molecule has 0 spiro atoms. The number of benzene rings is 3. The minimum absolute atomic E-state index is 0.110. The molecule has 2 aliphatic rings. The SMILES string of the molecule is CC(=O)OOc1cccc(C[C@@H]2CCC3OC32c2nc(-c3ccccc3)c(-c3ccccc3)o2)c1. The standard InChI is InChI=1S/C29H25NO5/c1-19(31)34-35-24-14-8-9-20(18-24)17-23-15-16-25-29(23,33-25)28-30-26(21-10-4-2-5-11-21)27(32-28)22-12-6-3-7-13-22/h2-14,18,23,25H,15-17H2,1H3/t23-,25?,29?/m0/s1. The van der Waals surface area contributed by atoms with Gasteiger partial charge in [0.25, 0.3) is 0 Å². The molecule has 2 fully saturated rings. The zero-order chi connectivity index (χ0) is 23.8. The summed E-state index contributed by atoms with van der Waals surface area (Å²) in [4.78, 5) is 25.9. The number of oxazole rings is 1. The molecule has 1 aliphatic carbocycles. The minimum atomic E-state index is -0.524. The van der Waals surface area contributed by atoms with Crippen molar-refractivity contribution in [3.8, 4) is 28.3 Å². The van der Waals surface area contributed by atoms with E-state index in [1.54, 1.807) is 6.07 Å². The summed E-state index contributed by atoms with van der Waals surface area (Å²) >= 11 is 0. The number of ether oxygens (including phenoxy) is 1. The van der Waals surface area contributed by atoms with Crippen molar-refractivity contribution in [1.29, 1.82) is 0 Å². The number of carbonyl (C=O) groups excluding carboxylic acids is 1. The van der Waals surface area contributed by atoms with Gasteiger partial charge in [-0.1, -0.05) is 72.8 Å². The van der Waals surface area contributed by atoms with Crippen LogP contribution in [0.1, 0.15) is 31.2 Å². The maximum Gasteiger partial charge on any atom is 0.352 e. The first kappa shape index (κ1) is 21.6. The molecule has 1 saturated carbocycles. The molecule has 0 N–H and O–H groups in total. The molecule has 0 bridgehead atoms. The van der Waals surface area contributed by atoms with Crippen LogP contribution < -0.4 is 4.89 Å². The van der Waals surface area contributed by atoms with E-state index in [0.717, 1.165) is 47.4 Å². The van der Waals surface area contributed by atoms with Crippen molar-refractivity contribution in [2.75, 3.05) is 0 Å². The van der Waals surface area contributed by atoms with Crippen LogP contribution in [-0.2, 0) is 26.4 Å². The fraction of sp³-hybridized carbons (Fsp3) is 0.241. The van der Waals surface area contributed by atoms with E-state index in [0.29, 0.717) is 11.6 Å². The molecule has 1 saturated heterocycles. The molecular weight excluding hydrogens is 442 g/mol. The Morgan fingerprint density at radius 2 is 1.71 bits per heavy atom. The third-order valence-corrected chi connectivity index (χ3v) is 6.82. The summed E-state index contributed by atoms with van der Waals surface area (Å²) in [6.45, 7) is 1.31. The second-order valence-electron chi connectivity index (χ2n) is 9.11. The molecular formula is C29H25NO5. The van der Waals surface area contributed by atoms with Crippen molar-refractivity contribution < 1.29 is 23.7 Å². The maximum atomic E-state index is 11.1. The van der Waals surface area contributed by atoms with E-state index in [2.05, 4.69) is 17.0 Å². The smallest absolute Gasteiger partial charge is 0.352 e. The summed E-state index contributed by atoms with van der Waals surface area (Å²) in [6.07, 6.45) is 2.87. The van der Waals surface area contributed by atoms with Crippen molar-refractivity contribution in [2.45, 2.75) is 37.9 Å². The number of fused-ring (bicyclic) bond motifs is 1. The van der Waals surface area contributed by atoms with E-state index < -0.39 is 11.6 Å². The van der Waals surface area contributed by atoms with Crippen molar-refractivity contribution >= 4 is 5.97 Å². The van der Waals surface area contributed by atoms with Crippen LogP contribution in [0.2, 0.25) is 0 Å². The Kier molecular flexibility index (Phi) is 5.38. The van der Waals surface area contributed by atoms with E-state index in [-0.39, 0.29) is 12.0 Å². The second-order valence-corrected chi connectivity index (χ2v) is 9.11. The molecule has 6 heteroatoms. The predicted octanol–water partition coefficient (Wildman–Crippen LogP) is 6.11. The van der Waals surface area contributed by atoms with Crippen LogP contribution in [0.4, 0.5) is 0 Å². The lowest BCUT2D eigenvalue weighted by Crippen LogP contribution is -2.22. The molecule has 6 nitrogen and oxygen atoms in total. The van der Waals surface area contributed by atoms with E-state index in [1.807, 2.05) is 66.7 Å². The van der Waals surface area contributed by atoms with Gasteiger partial charge in [0, 0.05) is 24.0 Å². The summed E-state index contributed by atoms with van der Waals surface area (Å²) in [6, 6.07) is 27.8. The fourth-order valence-corrected chi connectivity index (χ4v) is 5.20. The lowest BCUT2D eigenvalue weighted by Gasteiger charge is -2.18. The molecule has 6 rings (SSSR count). The molecule has 4 aromatic rings. The summed E-state index contributed by atoms with van der Waals surface area (Å²) in [5.41, 5.74) is 3.39. The number of hydrogen-bond acceptors (Lipinski definition) is 6. The zero-order valence-corrected chi connectivity index (χ0v) is 19.3. The molecule has 176 valence electrons. The van der Waals surface area contributed by atoms with Gasteiger partial charge in [0.05, 0.1) is 6.10 Å². The zero-order valence-electron chi connectivity index (χ0n) is 19.3. The van der Waals surface area contributed by atoms with Crippen LogP contribution in [0.15, 0.2) is 89.3 Å². The number of aromatic nitrogens is 1. The molecule has 1 aromatic heterocycles. The lowest BCUT2D eigenvalue weighted by atomic mass is 9.88. The third kappa shape index (κ3) is 4.00. The van der Waals surface area contributed by atoms with Crippen LogP contribution in [0.3, 0.4) is 0 Å². The van der Waals surface area contributed by atoms with Gasteiger partial charge in [-0.3, -0.25) is 9.78 Å². The summed E-state index contributed by atoms with van der Waals surface area (Å²) < 4.78 is 12.8. The number of rotatable bonds is 7. The van der Waals surface area contributed by atoms with Gasteiger partial charge in [-0.05, 0) is 37.0 Å². The largest absolute Gasteiger partial charge is 0.437 e. The average Bonchev–Trinajstić information content (AvgIpc) is 3.27. The normalized spacial score (nSPS) is 22.4. The van der Waals surface area contributed by atoms with Gasteiger partial charge >= 0.3 is 5.97 Å². The molecule has 2 unspecified atom stereocenters. The average molecular weight is 468 g/mol. The van der Waals surface area contributed by atoms with Crippen LogP contribution >= 0.6 is 0 Å². The Hall–Kier alpha value is -3.90. The fourth-order valence-electron chi connectivity index (χ4n) is 5.20. The van der Waals surface area contributed by atoms with E-state index >= 15 is 0 Å². The number of epoxide rings is 1. The van der Waals surface area contributed by atoms with Gasteiger partial charge in [0.1, 0.15) is 5.69 Å². The highest BCUT2D eigenvalue weighted by molar-refractivity contribution is 5.77. The maximum absolute atomic E-state index is 11.1. The van der Waals surface area contributed by atoms with Crippen LogP contribution in [0.5, 0.6) is 5.75 Å². The lowest BCUT2D eigenvalue weighted by molar-refractivity contribution is -0.210. The summed E-state index contributed by atoms with van der Waals surface area (Å²) in [5.74, 6) is 1.62. The Morgan fingerprint density at radius 3 is 2.43 bits per heavy atom. The van der Waals surface area contributed by atoms with Gasteiger partial charge < -0.3 is 9.15 Å². The van der Waals surface area contributed by atoms with Gasteiger partial charge in [-0.25, -0.2) is 9.78 Å². The van der Waals surface area contributed by atoms with Crippen molar-refractivity contribution in [3.63, 3.8) is 0 Å². The number of hydrogen-bond donors (Lipinski definition) is 0. The molecule has 1 aliphatic heterocycles. The molecule has 2 heterocycles. The number of carbonyl (C=O) groups is 1. The topological polar surface area (TPSA) is 74.1 Å². The van der Waals surface area contributed by atoms with Gasteiger partial charge in [0.15, 0.2) is 17.1 Å². The monoisotopic (exact) mass is 467 g/mol. The first-order valence-corrected chi connectivity index (χ1v) is 11.9. The molecule has 3 atom stereocenters. The first-order valence-electron chi connectivity index (χ1n) is 11.9. The Balaban J connectivity index is 1.33. The summed E-state index contributed by atoms with van der Waals surface area (Å²) in [7, 11) is 0. The molecule has 0 amide bonds. The van der Waals surface area contributed by atoms with Gasteiger partial charge in [0.2, 0.25) is 5.89 Å². The first-order chi connectivity index (χ1) is 17.1. The van der Waals surface area contributed by atoms with E-state index in [1.165, 1.54) is 6.92 Å². The molecule has 35 heavy (non-hydrogen) atoms. The van der Waals surface area contributed by atoms with E-state index in [9.17, 15) is 4.79 Å². The Labute approximate surface area is 203 Å². The highest BCUT2D eigenvalue weighted by Crippen LogP contribution is 2.62. The minimum Gasteiger partial charge on any atom is -0.437 e. The van der Waals surface area contributed by atoms with E-state index in [4.69, 9.17) is 19.0 Å². The highest BCUT2D eigenvalue weighted by Gasteiger charge is 2.69. The molecule has 0 radical (unpaired) electrons. The van der Waals surface area contributed by atoms with Gasteiger partial charge in [-0.15, -0.1) is 0 Å². The Morgan fingerprint density at radius 1 is 0.971 bits per heavy atom. The van der Waals surface area contributed by atoms with Crippen LogP contribution in [-0.4, -0.2) is 17.1 Å². The third-order valence-electron chi connectivity index (χ3n) is 6.82. The van der Waals surface area contributed by atoms with Crippen molar-refractivity contribution in [3.05, 3.63) is 96.4 Å². The van der Waals surface area contributed by atoms with Gasteiger partial charge in [-0.2, -0.15) is 0 Å². The van der Waals surface area contributed by atoms with Crippen molar-refractivity contribution in [1.82, 2.24) is 4.98 Å². The number of nitrogens with zero attached hydrogens (tertiary/aromatic N) is 1.